The van der Waals surface area contributed by atoms with Crippen LogP contribution in [0.25, 0.3) is 0 Å². The highest BCUT2D eigenvalue weighted by Crippen LogP contribution is 2.14. The first-order valence-corrected chi connectivity index (χ1v) is 4.72. The first-order chi connectivity index (χ1) is 6.26. The molecular formula is C11H17NO. The zero-order valence-electron chi connectivity index (χ0n) is 8.29. The van der Waals surface area contributed by atoms with Crippen molar-refractivity contribution in [2.24, 2.45) is 5.73 Å². The van der Waals surface area contributed by atoms with Crippen LogP contribution < -0.4 is 10.5 Å². The molecule has 2 heteroatoms. The van der Waals surface area contributed by atoms with E-state index in [4.69, 9.17) is 10.5 Å². The molecule has 2 N–H and O–H groups in total. The van der Waals surface area contributed by atoms with E-state index in [-0.39, 0.29) is 6.10 Å². The standard InChI is InChI=1S/C11H17NO/c1-3-9(2)13-11-6-4-10(8-12)5-7-11/h4-7,9H,3,8,12H2,1-2H3. The molecule has 0 aliphatic carbocycles. The first kappa shape index (κ1) is 10.1. The van der Waals surface area contributed by atoms with Crippen molar-refractivity contribution in [3.8, 4) is 5.75 Å². The van der Waals surface area contributed by atoms with Crippen LogP contribution in [0.5, 0.6) is 5.75 Å². The zero-order valence-corrected chi connectivity index (χ0v) is 8.29. The maximum Gasteiger partial charge on any atom is 0.119 e. The fourth-order valence-electron chi connectivity index (χ4n) is 1.02. The van der Waals surface area contributed by atoms with E-state index in [1.54, 1.807) is 0 Å². The molecule has 0 heterocycles. The highest BCUT2D eigenvalue weighted by atomic mass is 16.5. The lowest BCUT2D eigenvalue weighted by molar-refractivity contribution is 0.217. The van der Waals surface area contributed by atoms with Gasteiger partial charge in [-0.05, 0) is 31.0 Å². The van der Waals surface area contributed by atoms with E-state index in [1.807, 2.05) is 24.3 Å². The molecule has 2 nitrogen and oxygen atoms in total. The van der Waals surface area contributed by atoms with Crippen LogP contribution in [0.15, 0.2) is 24.3 Å². The van der Waals surface area contributed by atoms with E-state index in [0.717, 1.165) is 17.7 Å². The van der Waals surface area contributed by atoms with Gasteiger partial charge < -0.3 is 10.5 Å². The molecule has 0 aliphatic rings. The number of benzene rings is 1. The fourth-order valence-corrected chi connectivity index (χ4v) is 1.02. The van der Waals surface area contributed by atoms with Gasteiger partial charge in [0.15, 0.2) is 0 Å². The summed E-state index contributed by atoms with van der Waals surface area (Å²) < 4.78 is 5.62. The Labute approximate surface area is 79.7 Å². The summed E-state index contributed by atoms with van der Waals surface area (Å²) in [6.45, 7) is 4.76. The molecule has 0 bridgehead atoms. The molecule has 0 spiro atoms. The maximum absolute atomic E-state index is 5.62. The maximum atomic E-state index is 5.62. The van der Waals surface area contributed by atoms with Gasteiger partial charge >= 0.3 is 0 Å². The molecule has 1 aromatic rings. The minimum absolute atomic E-state index is 0.281. The second-order valence-corrected chi connectivity index (χ2v) is 3.18. The van der Waals surface area contributed by atoms with Crippen molar-refractivity contribution in [1.29, 1.82) is 0 Å². The lowest BCUT2D eigenvalue weighted by Gasteiger charge is -2.12. The van der Waals surface area contributed by atoms with Crippen LogP contribution in [0.4, 0.5) is 0 Å². The van der Waals surface area contributed by atoms with Crippen molar-refractivity contribution in [1.82, 2.24) is 0 Å². The minimum atomic E-state index is 0.281. The molecule has 0 aromatic heterocycles. The summed E-state index contributed by atoms with van der Waals surface area (Å²) in [4.78, 5) is 0. The van der Waals surface area contributed by atoms with Gasteiger partial charge in [-0.15, -0.1) is 0 Å². The van der Waals surface area contributed by atoms with Gasteiger partial charge in [-0.2, -0.15) is 0 Å². The van der Waals surface area contributed by atoms with Gasteiger partial charge in [0.05, 0.1) is 6.10 Å². The van der Waals surface area contributed by atoms with Gasteiger partial charge in [-0.3, -0.25) is 0 Å². The van der Waals surface area contributed by atoms with Crippen molar-refractivity contribution >= 4 is 0 Å². The largest absolute Gasteiger partial charge is 0.491 e. The molecule has 1 aromatic carbocycles. The highest BCUT2D eigenvalue weighted by molar-refractivity contribution is 5.27. The van der Waals surface area contributed by atoms with E-state index in [1.165, 1.54) is 0 Å². The SMILES string of the molecule is CCC(C)Oc1ccc(CN)cc1. The Morgan fingerprint density at radius 2 is 1.92 bits per heavy atom. The molecule has 0 saturated heterocycles. The van der Waals surface area contributed by atoms with E-state index < -0.39 is 0 Å². The van der Waals surface area contributed by atoms with Gasteiger partial charge in [0.25, 0.3) is 0 Å². The van der Waals surface area contributed by atoms with E-state index in [2.05, 4.69) is 13.8 Å². The molecule has 13 heavy (non-hydrogen) atoms. The fraction of sp³-hybridized carbons (Fsp3) is 0.455. The predicted molar refractivity (Wildman–Crippen MR) is 54.7 cm³/mol. The number of ether oxygens (including phenoxy) is 1. The number of nitrogens with two attached hydrogens (primary N) is 1. The first-order valence-electron chi connectivity index (χ1n) is 4.72. The Bertz CT molecular complexity index is 243. The topological polar surface area (TPSA) is 35.2 Å². The Balaban J connectivity index is 2.58. The van der Waals surface area contributed by atoms with E-state index in [0.29, 0.717) is 6.54 Å². The van der Waals surface area contributed by atoms with Crippen LogP contribution >= 0.6 is 0 Å². The molecule has 72 valence electrons. The summed E-state index contributed by atoms with van der Waals surface area (Å²) in [6.07, 6.45) is 1.31. The molecule has 0 saturated carbocycles. The Hall–Kier alpha value is -1.02. The van der Waals surface area contributed by atoms with Crippen molar-refractivity contribution in [2.75, 3.05) is 0 Å². The quantitative estimate of drug-likeness (QED) is 0.769. The lowest BCUT2D eigenvalue weighted by atomic mass is 10.2. The third-order valence-corrected chi connectivity index (χ3v) is 2.07. The molecule has 0 amide bonds. The summed E-state index contributed by atoms with van der Waals surface area (Å²) in [5.41, 5.74) is 6.62. The van der Waals surface area contributed by atoms with Crippen LogP contribution in [-0.2, 0) is 6.54 Å². The van der Waals surface area contributed by atoms with Crippen LogP contribution in [-0.4, -0.2) is 6.10 Å². The number of rotatable bonds is 4. The van der Waals surface area contributed by atoms with Crippen LogP contribution in [0.3, 0.4) is 0 Å². The number of hydrogen-bond acceptors (Lipinski definition) is 2. The third kappa shape index (κ3) is 3.07. The molecule has 0 fully saturated rings. The van der Waals surface area contributed by atoms with Gasteiger partial charge in [-0.25, -0.2) is 0 Å². The van der Waals surface area contributed by atoms with E-state index >= 15 is 0 Å². The van der Waals surface area contributed by atoms with Crippen LogP contribution in [0.2, 0.25) is 0 Å². The third-order valence-electron chi connectivity index (χ3n) is 2.07. The van der Waals surface area contributed by atoms with Crippen LogP contribution in [0, 0.1) is 0 Å². The van der Waals surface area contributed by atoms with Gasteiger partial charge in [0.1, 0.15) is 5.75 Å². The second kappa shape index (κ2) is 4.87. The van der Waals surface area contributed by atoms with E-state index in [9.17, 15) is 0 Å². The van der Waals surface area contributed by atoms with Crippen molar-refractivity contribution in [3.05, 3.63) is 29.8 Å². The molecule has 1 atom stereocenters. The summed E-state index contributed by atoms with van der Waals surface area (Å²) in [6, 6.07) is 7.93. The normalized spacial score (nSPS) is 12.5. The van der Waals surface area contributed by atoms with Gasteiger partial charge in [-0.1, -0.05) is 19.1 Å². The molecule has 0 radical (unpaired) electrons. The Morgan fingerprint density at radius 3 is 2.38 bits per heavy atom. The number of hydrogen-bond donors (Lipinski definition) is 1. The smallest absolute Gasteiger partial charge is 0.119 e. The molecule has 0 aliphatic heterocycles. The zero-order chi connectivity index (χ0) is 9.68. The average molecular weight is 179 g/mol. The average Bonchev–Trinajstić information content (AvgIpc) is 2.19. The summed E-state index contributed by atoms with van der Waals surface area (Å²) >= 11 is 0. The second-order valence-electron chi connectivity index (χ2n) is 3.18. The van der Waals surface area contributed by atoms with Gasteiger partial charge in [0, 0.05) is 6.54 Å². The minimum Gasteiger partial charge on any atom is -0.491 e. The van der Waals surface area contributed by atoms with Crippen molar-refractivity contribution < 1.29 is 4.74 Å². The van der Waals surface area contributed by atoms with Crippen LogP contribution in [0.1, 0.15) is 25.8 Å². The summed E-state index contributed by atoms with van der Waals surface area (Å²) in [7, 11) is 0. The molecule has 1 rings (SSSR count). The summed E-state index contributed by atoms with van der Waals surface area (Å²) in [5, 5.41) is 0. The highest BCUT2D eigenvalue weighted by Gasteiger charge is 1.99. The Kier molecular flexibility index (Phi) is 3.77. The summed E-state index contributed by atoms with van der Waals surface area (Å²) in [5.74, 6) is 0.923. The molecular weight excluding hydrogens is 162 g/mol. The Morgan fingerprint density at radius 1 is 1.31 bits per heavy atom. The monoisotopic (exact) mass is 179 g/mol. The van der Waals surface area contributed by atoms with Crippen molar-refractivity contribution in [2.45, 2.75) is 32.9 Å². The van der Waals surface area contributed by atoms with Crippen molar-refractivity contribution in [3.63, 3.8) is 0 Å². The predicted octanol–water partition coefficient (Wildman–Crippen LogP) is 2.32. The van der Waals surface area contributed by atoms with Gasteiger partial charge in [0.2, 0.25) is 0 Å². The molecule has 1 unspecified atom stereocenters. The lowest BCUT2D eigenvalue weighted by Crippen LogP contribution is -2.09.